The Balaban J connectivity index is 2.35. The van der Waals surface area contributed by atoms with E-state index in [1.54, 1.807) is 12.1 Å². The minimum Gasteiger partial charge on any atom is -0.469 e. The van der Waals surface area contributed by atoms with E-state index in [4.69, 9.17) is 0 Å². The summed E-state index contributed by atoms with van der Waals surface area (Å²) >= 11 is 0. The van der Waals surface area contributed by atoms with Gasteiger partial charge in [-0.1, -0.05) is 18.2 Å². The molecule has 0 saturated carbocycles. The van der Waals surface area contributed by atoms with Crippen LogP contribution in [0.5, 0.6) is 0 Å². The highest BCUT2D eigenvalue weighted by molar-refractivity contribution is 6.43. The van der Waals surface area contributed by atoms with E-state index in [2.05, 4.69) is 14.5 Å². The molecule has 6 heteroatoms. The molecule has 0 radical (unpaired) electrons. The van der Waals surface area contributed by atoms with Crippen LogP contribution in [0.4, 0.5) is 0 Å². The summed E-state index contributed by atoms with van der Waals surface area (Å²) in [5.41, 5.74) is 1.87. The number of hydrogen-bond donors (Lipinski definition) is 1. The van der Waals surface area contributed by atoms with E-state index in [0.717, 1.165) is 18.2 Å². The Morgan fingerprint density at radius 3 is 2.57 bits per heavy atom. The Hall–Kier alpha value is -2.63. The van der Waals surface area contributed by atoms with Crippen molar-refractivity contribution in [3.05, 3.63) is 35.5 Å². The van der Waals surface area contributed by atoms with E-state index in [0.29, 0.717) is 11.8 Å². The lowest BCUT2D eigenvalue weighted by Crippen LogP contribution is -2.15. The van der Waals surface area contributed by atoms with Gasteiger partial charge in [0.2, 0.25) is 0 Å². The van der Waals surface area contributed by atoms with E-state index in [-0.39, 0.29) is 18.0 Å². The summed E-state index contributed by atoms with van der Waals surface area (Å²) in [5, 5.41) is 0.632. The molecule has 0 unspecified atom stereocenters. The van der Waals surface area contributed by atoms with Gasteiger partial charge in [0.25, 0.3) is 5.78 Å². The number of esters is 2. The van der Waals surface area contributed by atoms with E-state index < -0.39 is 11.8 Å². The number of aromatic amines is 1. The second-order valence-electron chi connectivity index (χ2n) is 4.44. The molecular formula is C15H15NO5. The lowest BCUT2D eigenvalue weighted by atomic mass is 10.0. The van der Waals surface area contributed by atoms with Gasteiger partial charge in [0.05, 0.1) is 19.8 Å². The highest BCUT2D eigenvalue weighted by atomic mass is 16.5. The Morgan fingerprint density at radius 1 is 1.14 bits per heavy atom. The number of H-pyrrole nitrogens is 1. The quantitative estimate of drug-likeness (QED) is 0.513. The van der Waals surface area contributed by atoms with Crippen LogP contribution < -0.4 is 0 Å². The summed E-state index contributed by atoms with van der Waals surface area (Å²) in [6, 6.07) is 5.37. The first kappa shape index (κ1) is 14.8. The number of benzene rings is 1. The van der Waals surface area contributed by atoms with Gasteiger partial charge in [0, 0.05) is 23.5 Å². The number of ketones is 1. The molecule has 2 rings (SSSR count). The van der Waals surface area contributed by atoms with Crippen molar-refractivity contribution in [3.63, 3.8) is 0 Å². The van der Waals surface area contributed by atoms with Crippen LogP contribution in [0.15, 0.2) is 24.4 Å². The van der Waals surface area contributed by atoms with E-state index >= 15 is 0 Å². The zero-order chi connectivity index (χ0) is 15.4. The molecule has 6 nitrogen and oxygen atoms in total. The SMILES string of the molecule is COC(=O)CCc1cccc2c(C(=O)C(=O)OC)c[nH]c12. The predicted molar refractivity (Wildman–Crippen MR) is 75.0 cm³/mol. The fraction of sp³-hybridized carbons (Fsp3) is 0.267. The lowest BCUT2D eigenvalue weighted by molar-refractivity contribution is -0.140. The standard InChI is InChI=1S/C15H15NO5/c1-20-12(17)7-6-9-4-3-5-10-11(8-16-13(9)10)14(18)15(19)21-2/h3-5,8,16H,6-7H2,1-2H3. The van der Waals surface area contributed by atoms with Gasteiger partial charge in [-0.15, -0.1) is 0 Å². The third-order valence-corrected chi connectivity index (χ3v) is 3.24. The monoisotopic (exact) mass is 289 g/mol. The number of aromatic nitrogens is 1. The Kier molecular flexibility index (Phi) is 4.37. The maximum atomic E-state index is 11.9. The molecule has 1 N–H and O–H groups in total. The second kappa shape index (κ2) is 6.21. The van der Waals surface area contributed by atoms with Crippen LogP contribution in [0.3, 0.4) is 0 Å². The highest BCUT2D eigenvalue weighted by Gasteiger charge is 2.21. The van der Waals surface area contributed by atoms with Crippen LogP contribution in [0.2, 0.25) is 0 Å². The van der Waals surface area contributed by atoms with Gasteiger partial charge in [0.1, 0.15) is 0 Å². The number of fused-ring (bicyclic) bond motifs is 1. The van der Waals surface area contributed by atoms with Gasteiger partial charge < -0.3 is 14.5 Å². The number of carbonyl (C=O) groups is 3. The first-order valence-corrected chi connectivity index (χ1v) is 6.37. The number of Topliss-reactive ketones (excluding diaryl/α,β-unsaturated/α-hetero) is 1. The third kappa shape index (κ3) is 2.94. The van der Waals surface area contributed by atoms with Crippen LogP contribution in [-0.4, -0.2) is 36.9 Å². The predicted octanol–water partition coefficient (Wildman–Crippen LogP) is 1.63. The second-order valence-corrected chi connectivity index (χ2v) is 4.44. The fourth-order valence-corrected chi connectivity index (χ4v) is 2.15. The van der Waals surface area contributed by atoms with Crippen LogP contribution in [0, 0.1) is 0 Å². The van der Waals surface area contributed by atoms with Gasteiger partial charge in [-0.2, -0.15) is 0 Å². The molecule has 0 aliphatic carbocycles. The van der Waals surface area contributed by atoms with Crippen molar-refractivity contribution < 1.29 is 23.9 Å². The number of carbonyl (C=O) groups excluding carboxylic acids is 3. The minimum atomic E-state index is -0.907. The minimum absolute atomic E-state index is 0.245. The number of nitrogens with one attached hydrogen (secondary N) is 1. The number of hydrogen-bond acceptors (Lipinski definition) is 5. The maximum Gasteiger partial charge on any atom is 0.379 e. The smallest absolute Gasteiger partial charge is 0.379 e. The van der Waals surface area contributed by atoms with Crippen LogP contribution in [-0.2, 0) is 25.5 Å². The first-order chi connectivity index (χ1) is 10.1. The topological polar surface area (TPSA) is 85.5 Å². The van der Waals surface area contributed by atoms with E-state index in [1.165, 1.54) is 13.3 Å². The molecule has 0 fully saturated rings. The lowest BCUT2D eigenvalue weighted by Gasteiger charge is -2.03. The van der Waals surface area contributed by atoms with Gasteiger partial charge in [-0.25, -0.2) is 4.79 Å². The summed E-state index contributed by atoms with van der Waals surface area (Å²) < 4.78 is 9.05. The summed E-state index contributed by atoms with van der Waals surface area (Å²) in [7, 11) is 2.50. The van der Waals surface area contributed by atoms with Gasteiger partial charge in [0.15, 0.2) is 0 Å². The Morgan fingerprint density at radius 2 is 1.90 bits per heavy atom. The average molecular weight is 289 g/mol. The Bertz CT molecular complexity index is 701. The van der Waals surface area contributed by atoms with Crippen LogP contribution in [0.25, 0.3) is 10.9 Å². The number of aryl methyl sites for hydroxylation is 1. The van der Waals surface area contributed by atoms with Crippen molar-refractivity contribution in [2.45, 2.75) is 12.8 Å². The van der Waals surface area contributed by atoms with Crippen molar-refractivity contribution in [2.75, 3.05) is 14.2 Å². The molecule has 1 aromatic carbocycles. The molecule has 1 heterocycles. The molecule has 1 aromatic heterocycles. The number of methoxy groups -OCH3 is 2. The van der Waals surface area contributed by atoms with E-state index in [1.807, 2.05) is 6.07 Å². The molecule has 0 saturated heterocycles. The summed E-state index contributed by atoms with van der Waals surface area (Å²) in [6.07, 6.45) is 2.21. The number of ether oxygens (including phenoxy) is 2. The molecular weight excluding hydrogens is 274 g/mol. The maximum absolute atomic E-state index is 11.9. The van der Waals surface area contributed by atoms with Crippen molar-refractivity contribution >= 4 is 28.6 Å². The molecule has 0 atom stereocenters. The molecule has 0 bridgehead atoms. The third-order valence-electron chi connectivity index (χ3n) is 3.24. The summed E-state index contributed by atoms with van der Waals surface area (Å²) in [5.74, 6) is -1.91. The highest BCUT2D eigenvalue weighted by Crippen LogP contribution is 2.23. The van der Waals surface area contributed by atoms with Crippen LogP contribution >= 0.6 is 0 Å². The zero-order valence-corrected chi connectivity index (χ0v) is 11.8. The van der Waals surface area contributed by atoms with Crippen molar-refractivity contribution in [3.8, 4) is 0 Å². The van der Waals surface area contributed by atoms with Gasteiger partial charge in [-0.3, -0.25) is 9.59 Å². The first-order valence-electron chi connectivity index (χ1n) is 6.37. The molecule has 110 valence electrons. The largest absolute Gasteiger partial charge is 0.469 e. The van der Waals surface area contributed by atoms with E-state index in [9.17, 15) is 14.4 Å². The van der Waals surface area contributed by atoms with Crippen molar-refractivity contribution in [1.82, 2.24) is 4.98 Å². The molecule has 0 aliphatic rings. The molecule has 21 heavy (non-hydrogen) atoms. The van der Waals surface area contributed by atoms with Crippen molar-refractivity contribution in [1.29, 1.82) is 0 Å². The average Bonchev–Trinajstić information content (AvgIpc) is 2.95. The number of para-hydroxylation sites is 1. The van der Waals surface area contributed by atoms with Crippen LogP contribution in [0.1, 0.15) is 22.3 Å². The van der Waals surface area contributed by atoms with Gasteiger partial charge >= 0.3 is 11.9 Å². The number of rotatable bonds is 5. The Labute approximate surface area is 121 Å². The zero-order valence-electron chi connectivity index (χ0n) is 11.8. The molecule has 0 amide bonds. The van der Waals surface area contributed by atoms with Gasteiger partial charge in [-0.05, 0) is 12.0 Å². The molecule has 0 aliphatic heterocycles. The summed E-state index contributed by atoms with van der Waals surface area (Å²) in [4.78, 5) is 37.4. The molecule has 2 aromatic rings. The van der Waals surface area contributed by atoms with Crippen molar-refractivity contribution in [2.24, 2.45) is 0 Å². The molecule has 0 spiro atoms. The normalized spacial score (nSPS) is 10.4. The fourth-order valence-electron chi connectivity index (χ4n) is 2.15. The summed E-state index contributed by atoms with van der Waals surface area (Å²) in [6.45, 7) is 0.